The molecular formula is C34H47NO6. The van der Waals surface area contributed by atoms with Gasteiger partial charge in [0.1, 0.15) is 23.3 Å². The van der Waals surface area contributed by atoms with Gasteiger partial charge in [-0.25, -0.2) is 9.59 Å². The van der Waals surface area contributed by atoms with Crippen molar-refractivity contribution in [2.45, 2.75) is 110 Å². The van der Waals surface area contributed by atoms with Crippen molar-refractivity contribution in [3.63, 3.8) is 0 Å². The maximum Gasteiger partial charge on any atom is 0.343 e. The van der Waals surface area contributed by atoms with Crippen molar-refractivity contribution in [3.8, 4) is 17.2 Å². The summed E-state index contributed by atoms with van der Waals surface area (Å²) in [5, 5.41) is 0. The molecule has 7 nitrogen and oxygen atoms in total. The van der Waals surface area contributed by atoms with Crippen molar-refractivity contribution >= 4 is 17.8 Å². The largest absolute Gasteiger partial charge is 0.494 e. The minimum Gasteiger partial charge on any atom is -0.494 e. The molecule has 2 aromatic carbocycles. The molecule has 0 N–H and O–H groups in total. The van der Waals surface area contributed by atoms with Crippen LogP contribution in [-0.4, -0.2) is 41.9 Å². The predicted molar refractivity (Wildman–Crippen MR) is 160 cm³/mol. The number of hydrogen-bond acceptors (Lipinski definition) is 6. The van der Waals surface area contributed by atoms with Crippen molar-refractivity contribution in [2.75, 3.05) is 13.2 Å². The van der Waals surface area contributed by atoms with E-state index in [0.29, 0.717) is 43.1 Å². The van der Waals surface area contributed by atoms with Crippen molar-refractivity contribution < 1.29 is 28.6 Å². The molecule has 0 aromatic heterocycles. The molecular weight excluding hydrogens is 518 g/mol. The summed E-state index contributed by atoms with van der Waals surface area (Å²) in [5.41, 5.74) is 0.421. The van der Waals surface area contributed by atoms with Crippen molar-refractivity contribution in [1.82, 2.24) is 4.90 Å². The summed E-state index contributed by atoms with van der Waals surface area (Å²) in [4.78, 5) is 39.6. The van der Waals surface area contributed by atoms with E-state index in [-0.39, 0.29) is 5.91 Å². The molecule has 7 heteroatoms. The Kier molecular flexibility index (Phi) is 14.2. The number of carbonyl (C=O) groups is 3. The molecule has 0 bridgehead atoms. The molecule has 1 heterocycles. The number of amides is 1. The number of esters is 2. The lowest BCUT2D eigenvalue weighted by Gasteiger charge is -2.23. The maximum absolute atomic E-state index is 12.8. The second kappa shape index (κ2) is 18.2. The van der Waals surface area contributed by atoms with Gasteiger partial charge in [0.25, 0.3) is 0 Å². The average Bonchev–Trinajstić information content (AvgIpc) is 3.48. The number of carbonyl (C=O) groups excluding carboxylic acids is 3. The number of unbranched alkanes of at least 4 members (excludes halogenated alkanes) is 9. The highest BCUT2D eigenvalue weighted by Gasteiger charge is 2.35. The van der Waals surface area contributed by atoms with Crippen LogP contribution in [0.1, 0.15) is 114 Å². The van der Waals surface area contributed by atoms with Crippen molar-refractivity contribution in [2.24, 2.45) is 0 Å². The molecule has 2 aromatic rings. The monoisotopic (exact) mass is 565 g/mol. The van der Waals surface area contributed by atoms with Gasteiger partial charge in [-0.1, -0.05) is 71.6 Å². The molecule has 3 rings (SSSR count). The minimum absolute atomic E-state index is 0.0169. The molecule has 0 unspecified atom stereocenters. The number of ether oxygens (including phenoxy) is 3. The van der Waals surface area contributed by atoms with E-state index < -0.39 is 18.0 Å². The summed E-state index contributed by atoms with van der Waals surface area (Å²) in [6.07, 6.45) is 14.8. The van der Waals surface area contributed by atoms with E-state index in [1.807, 2.05) is 0 Å². The van der Waals surface area contributed by atoms with E-state index in [0.717, 1.165) is 37.9 Å². The lowest BCUT2D eigenvalue weighted by atomic mass is 10.1. The molecule has 1 atom stereocenters. The van der Waals surface area contributed by atoms with Crippen LogP contribution in [0.2, 0.25) is 0 Å². The highest BCUT2D eigenvalue weighted by Crippen LogP contribution is 2.24. The van der Waals surface area contributed by atoms with Gasteiger partial charge in [0, 0.05) is 13.0 Å². The van der Waals surface area contributed by atoms with E-state index in [2.05, 4.69) is 13.8 Å². The van der Waals surface area contributed by atoms with Gasteiger partial charge in [-0.05, 0) is 74.2 Å². The van der Waals surface area contributed by atoms with Gasteiger partial charge in [0.2, 0.25) is 5.91 Å². The number of rotatable bonds is 18. The first-order valence-electron chi connectivity index (χ1n) is 15.6. The van der Waals surface area contributed by atoms with E-state index in [4.69, 9.17) is 14.2 Å². The first-order chi connectivity index (χ1) is 20.0. The SMILES string of the molecule is CCCCCCCCCCOc1ccc(C(=O)Oc2ccc(OC(=O)[C@@H]3CCCN3C(=O)CCCCC)cc2)cc1. The van der Waals surface area contributed by atoms with E-state index in [1.54, 1.807) is 53.4 Å². The highest BCUT2D eigenvalue weighted by molar-refractivity contribution is 5.91. The lowest BCUT2D eigenvalue weighted by Crippen LogP contribution is -2.42. The Morgan fingerprint density at radius 2 is 1.27 bits per heavy atom. The maximum atomic E-state index is 12.8. The zero-order chi connectivity index (χ0) is 29.3. The summed E-state index contributed by atoms with van der Waals surface area (Å²) in [7, 11) is 0. The Labute approximate surface area is 245 Å². The third-order valence-corrected chi connectivity index (χ3v) is 7.45. The highest BCUT2D eigenvalue weighted by atomic mass is 16.5. The molecule has 1 aliphatic heterocycles. The molecule has 1 fully saturated rings. The molecule has 0 radical (unpaired) electrons. The van der Waals surface area contributed by atoms with Gasteiger partial charge < -0.3 is 19.1 Å². The van der Waals surface area contributed by atoms with Crippen LogP contribution in [0.15, 0.2) is 48.5 Å². The van der Waals surface area contributed by atoms with Crippen LogP contribution in [0.25, 0.3) is 0 Å². The lowest BCUT2D eigenvalue weighted by molar-refractivity contribution is -0.146. The third-order valence-electron chi connectivity index (χ3n) is 7.45. The standard InChI is InChI=1S/C34H47NO6/c1-3-5-7-8-9-10-11-13-26-39-28-19-17-27(18-20-28)33(37)40-29-21-23-30(24-22-29)41-34(38)31-15-14-25-35(31)32(36)16-12-6-4-2/h17-24,31H,3-16,25-26H2,1-2H3/t31-/m0/s1. The second-order valence-electron chi connectivity index (χ2n) is 10.8. The van der Waals surface area contributed by atoms with Gasteiger partial charge in [0.05, 0.1) is 12.2 Å². The summed E-state index contributed by atoms with van der Waals surface area (Å²) in [6, 6.07) is 12.8. The third kappa shape index (κ3) is 11.2. The fourth-order valence-corrected chi connectivity index (χ4v) is 5.02. The number of nitrogens with zero attached hydrogens (tertiary/aromatic N) is 1. The number of benzene rings is 2. The fraction of sp³-hybridized carbons (Fsp3) is 0.559. The molecule has 41 heavy (non-hydrogen) atoms. The molecule has 0 aliphatic carbocycles. The van der Waals surface area contributed by atoms with Crippen LogP contribution < -0.4 is 14.2 Å². The Hall–Kier alpha value is -3.35. The second-order valence-corrected chi connectivity index (χ2v) is 10.8. The van der Waals surface area contributed by atoms with Crippen LogP contribution in [0, 0.1) is 0 Å². The zero-order valence-electron chi connectivity index (χ0n) is 24.9. The molecule has 0 saturated carbocycles. The first kappa shape index (κ1) is 32.2. The van der Waals surface area contributed by atoms with E-state index >= 15 is 0 Å². The van der Waals surface area contributed by atoms with Crippen LogP contribution in [0.5, 0.6) is 17.2 Å². The quantitative estimate of drug-likeness (QED) is 0.104. The normalized spacial score (nSPS) is 14.6. The number of likely N-dealkylation sites (tertiary alicyclic amines) is 1. The van der Waals surface area contributed by atoms with E-state index in [9.17, 15) is 14.4 Å². The van der Waals surface area contributed by atoms with Crippen LogP contribution in [0.4, 0.5) is 0 Å². The van der Waals surface area contributed by atoms with E-state index in [1.165, 1.54) is 44.9 Å². The Bertz CT molecular complexity index is 1070. The molecule has 1 saturated heterocycles. The Morgan fingerprint density at radius 3 is 1.93 bits per heavy atom. The van der Waals surface area contributed by atoms with Crippen LogP contribution >= 0.6 is 0 Å². The van der Waals surface area contributed by atoms with Gasteiger partial charge in [-0.3, -0.25) is 4.79 Å². The smallest absolute Gasteiger partial charge is 0.343 e. The van der Waals surface area contributed by atoms with Crippen molar-refractivity contribution in [3.05, 3.63) is 54.1 Å². The van der Waals surface area contributed by atoms with Crippen molar-refractivity contribution in [1.29, 1.82) is 0 Å². The summed E-state index contributed by atoms with van der Waals surface area (Å²) in [5.74, 6) is 0.534. The zero-order valence-corrected chi connectivity index (χ0v) is 24.9. The van der Waals surface area contributed by atoms with Gasteiger partial charge >= 0.3 is 11.9 Å². The first-order valence-corrected chi connectivity index (χ1v) is 15.6. The summed E-state index contributed by atoms with van der Waals surface area (Å²) >= 11 is 0. The Morgan fingerprint density at radius 1 is 0.707 bits per heavy atom. The van der Waals surface area contributed by atoms with Gasteiger partial charge in [-0.2, -0.15) is 0 Å². The van der Waals surface area contributed by atoms with Crippen LogP contribution in [-0.2, 0) is 9.59 Å². The van der Waals surface area contributed by atoms with Gasteiger partial charge in [-0.15, -0.1) is 0 Å². The average molecular weight is 566 g/mol. The molecule has 1 aliphatic rings. The fourth-order valence-electron chi connectivity index (χ4n) is 5.02. The predicted octanol–water partition coefficient (Wildman–Crippen LogP) is 7.90. The number of hydrogen-bond donors (Lipinski definition) is 0. The Balaban J connectivity index is 1.39. The topological polar surface area (TPSA) is 82.1 Å². The summed E-state index contributed by atoms with van der Waals surface area (Å²) in [6.45, 7) is 5.59. The molecule has 0 spiro atoms. The minimum atomic E-state index is -0.547. The molecule has 1 amide bonds. The van der Waals surface area contributed by atoms with Crippen LogP contribution in [0.3, 0.4) is 0 Å². The van der Waals surface area contributed by atoms with Gasteiger partial charge in [0.15, 0.2) is 0 Å². The summed E-state index contributed by atoms with van der Waals surface area (Å²) < 4.78 is 16.8. The molecule has 224 valence electrons.